The first-order valence-electron chi connectivity index (χ1n) is 15.3. The summed E-state index contributed by atoms with van der Waals surface area (Å²) < 4.78 is 15.8. The molecular formula is C41H29Cl3O6. The molecule has 0 saturated heterocycles. The lowest BCUT2D eigenvalue weighted by molar-refractivity contribution is -0.142. The van der Waals surface area contributed by atoms with E-state index in [2.05, 4.69) is 25.0 Å². The van der Waals surface area contributed by atoms with Gasteiger partial charge in [0.15, 0.2) is 0 Å². The average molecular weight is 724 g/mol. The predicted molar refractivity (Wildman–Crippen MR) is 198 cm³/mol. The van der Waals surface area contributed by atoms with Crippen LogP contribution in [0.25, 0.3) is 21.9 Å². The number of rotatable bonds is 11. The van der Waals surface area contributed by atoms with Crippen molar-refractivity contribution in [2.75, 3.05) is 13.2 Å². The van der Waals surface area contributed by atoms with E-state index in [-0.39, 0.29) is 24.9 Å². The summed E-state index contributed by atoms with van der Waals surface area (Å²) in [6.45, 7) is 6.79. The van der Waals surface area contributed by atoms with E-state index in [9.17, 15) is 14.4 Å². The highest BCUT2D eigenvalue weighted by Gasteiger charge is 2.16. The Balaban J connectivity index is 1.20. The molecule has 50 heavy (non-hydrogen) atoms. The van der Waals surface area contributed by atoms with Crippen LogP contribution in [0.3, 0.4) is 0 Å². The van der Waals surface area contributed by atoms with Crippen LogP contribution in [0.15, 0.2) is 122 Å². The smallest absolute Gasteiger partial charge is 0.343 e. The van der Waals surface area contributed by atoms with E-state index in [0.29, 0.717) is 32.6 Å². The maximum absolute atomic E-state index is 12.9. The molecule has 0 amide bonds. The van der Waals surface area contributed by atoms with Crippen molar-refractivity contribution in [3.05, 3.63) is 160 Å². The fourth-order valence-corrected chi connectivity index (χ4v) is 5.79. The summed E-state index contributed by atoms with van der Waals surface area (Å²) in [4.78, 5) is 35.9. The third kappa shape index (κ3) is 9.22. The zero-order valence-corrected chi connectivity index (χ0v) is 28.9. The van der Waals surface area contributed by atoms with Gasteiger partial charge in [-0.3, -0.25) is 0 Å². The van der Waals surface area contributed by atoms with Crippen molar-refractivity contribution in [1.29, 1.82) is 0 Å². The quantitative estimate of drug-likeness (QED) is 0.0585. The second-order valence-corrected chi connectivity index (χ2v) is 12.2. The van der Waals surface area contributed by atoms with Gasteiger partial charge in [-0.25, -0.2) is 14.4 Å². The van der Waals surface area contributed by atoms with Crippen LogP contribution in [0, 0.1) is 17.8 Å². The van der Waals surface area contributed by atoms with E-state index >= 15 is 0 Å². The van der Waals surface area contributed by atoms with E-state index in [1.54, 1.807) is 36.4 Å². The van der Waals surface area contributed by atoms with Crippen LogP contribution >= 0.6 is 34.8 Å². The van der Waals surface area contributed by atoms with Crippen molar-refractivity contribution in [3.63, 3.8) is 0 Å². The first-order chi connectivity index (χ1) is 24.1. The third-order valence-electron chi connectivity index (χ3n) is 7.60. The zero-order valence-electron chi connectivity index (χ0n) is 26.6. The fourth-order valence-electron chi connectivity index (χ4n) is 5.00. The van der Waals surface area contributed by atoms with E-state index in [4.69, 9.17) is 49.0 Å². The molecule has 0 saturated carbocycles. The van der Waals surface area contributed by atoms with Gasteiger partial charge in [0, 0.05) is 56.6 Å². The van der Waals surface area contributed by atoms with Gasteiger partial charge in [0.25, 0.3) is 0 Å². The van der Waals surface area contributed by atoms with Gasteiger partial charge in [0.05, 0.1) is 28.8 Å². The maximum atomic E-state index is 12.9. The van der Waals surface area contributed by atoms with Crippen LogP contribution in [0.2, 0.25) is 15.1 Å². The van der Waals surface area contributed by atoms with Crippen molar-refractivity contribution in [1.82, 2.24) is 0 Å². The Morgan fingerprint density at radius 1 is 0.720 bits per heavy atom. The van der Waals surface area contributed by atoms with Gasteiger partial charge in [-0.05, 0) is 60.0 Å². The first-order valence-corrected chi connectivity index (χ1v) is 16.5. The summed E-state index contributed by atoms with van der Waals surface area (Å²) >= 11 is 19.5. The Morgan fingerprint density at radius 2 is 1.40 bits per heavy atom. The molecule has 0 heterocycles. The molecule has 0 radical (unpaired) electrons. The largest absolute Gasteiger partial charge is 0.462 e. The normalized spacial score (nSPS) is 10.6. The molecule has 0 aliphatic heterocycles. The van der Waals surface area contributed by atoms with Crippen LogP contribution in [0.5, 0.6) is 5.75 Å². The average Bonchev–Trinajstić information content (AvgIpc) is 3.13. The van der Waals surface area contributed by atoms with Crippen LogP contribution < -0.4 is 4.74 Å². The maximum Gasteiger partial charge on any atom is 0.343 e. The molecule has 0 N–H and O–H groups in total. The summed E-state index contributed by atoms with van der Waals surface area (Å²) in [5.41, 5.74) is 4.35. The number of hydrogen-bond acceptors (Lipinski definition) is 6. The summed E-state index contributed by atoms with van der Waals surface area (Å²) in [6.07, 6.45) is 2.54. The van der Waals surface area contributed by atoms with Gasteiger partial charge in [-0.15, -0.1) is 0 Å². The van der Waals surface area contributed by atoms with E-state index in [0.717, 1.165) is 45.2 Å². The molecule has 0 unspecified atom stereocenters. The minimum Gasteiger partial charge on any atom is -0.462 e. The standard InChI is InChI=1S/C41H29Cl3O6/c1-3-38(45)48-24-28(25-49-39(46)4-2)22-27-11-16-31(17-12-27)41(47)50-32-19-18-30(37(43)23-32)15-10-26-8-13-29(14-9-26)33-20-21-34-35(40(33)44)6-5-7-36(34)42/h3-9,11-14,16-21,23,28H,1-2,22,24-25H2. The molecule has 0 spiro atoms. The number of hydrogen-bond donors (Lipinski definition) is 0. The summed E-state index contributed by atoms with van der Waals surface area (Å²) in [5, 5.41) is 3.40. The molecule has 5 rings (SSSR count). The Bertz CT molecular complexity index is 2120. The van der Waals surface area contributed by atoms with E-state index < -0.39 is 17.9 Å². The molecule has 0 aromatic heterocycles. The molecule has 0 aliphatic carbocycles. The highest BCUT2D eigenvalue weighted by atomic mass is 35.5. The van der Waals surface area contributed by atoms with Crippen molar-refractivity contribution in [2.45, 2.75) is 6.42 Å². The van der Waals surface area contributed by atoms with Gasteiger partial charge in [0.2, 0.25) is 0 Å². The summed E-state index contributed by atoms with van der Waals surface area (Å²) in [5.74, 6) is 4.41. The van der Waals surface area contributed by atoms with Crippen molar-refractivity contribution >= 4 is 63.5 Å². The first kappa shape index (κ1) is 36.0. The number of ether oxygens (including phenoxy) is 3. The molecule has 250 valence electrons. The van der Waals surface area contributed by atoms with Gasteiger partial charge in [-0.2, -0.15) is 0 Å². The Morgan fingerprint density at radius 3 is 2.04 bits per heavy atom. The van der Waals surface area contributed by atoms with E-state index in [1.807, 2.05) is 54.6 Å². The number of benzene rings is 5. The molecule has 0 bridgehead atoms. The fraction of sp³-hybridized carbons (Fsp3) is 0.0976. The number of carbonyl (C=O) groups excluding carboxylic acids is 3. The zero-order chi connectivity index (χ0) is 35.6. The molecular weight excluding hydrogens is 695 g/mol. The Labute approximate surface area is 304 Å². The van der Waals surface area contributed by atoms with Gasteiger partial charge in [-0.1, -0.05) is 108 Å². The predicted octanol–water partition coefficient (Wildman–Crippen LogP) is 9.70. The minimum absolute atomic E-state index is 0.0181. The molecule has 6 nitrogen and oxygen atoms in total. The lowest BCUT2D eigenvalue weighted by atomic mass is 9.99. The molecule has 0 aliphatic rings. The van der Waals surface area contributed by atoms with E-state index in [1.165, 1.54) is 6.07 Å². The molecule has 5 aromatic carbocycles. The van der Waals surface area contributed by atoms with Crippen LogP contribution in [-0.2, 0) is 25.5 Å². The van der Waals surface area contributed by atoms with Gasteiger partial charge in [0.1, 0.15) is 5.75 Å². The molecule has 0 fully saturated rings. The lowest BCUT2D eigenvalue weighted by Gasteiger charge is -2.16. The van der Waals surface area contributed by atoms with Crippen molar-refractivity contribution in [3.8, 4) is 28.7 Å². The molecule has 5 aromatic rings. The summed E-state index contributed by atoms with van der Waals surface area (Å²) in [7, 11) is 0. The number of halogens is 3. The van der Waals surface area contributed by atoms with Crippen LogP contribution in [0.4, 0.5) is 0 Å². The Kier molecular flexibility index (Phi) is 12.1. The summed E-state index contributed by atoms with van der Waals surface area (Å²) in [6, 6.07) is 28.9. The number of fused-ring (bicyclic) bond motifs is 1. The lowest BCUT2D eigenvalue weighted by Crippen LogP contribution is -2.22. The third-order valence-corrected chi connectivity index (χ3v) is 8.65. The van der Waals surface area contributed by atoms with Crippen LogP contribution in [-0.4, -0.2) is 31.1 Å². The number of esters is 3. The molecule has 9 heteroatoms. The van der Waals surface area contributed by atoms with Crippen LogP contribution in [0.1, 0.15) is 27.0 Å². The Hall–Kier alpha value is -5.32. The second kappa shape index (κ2) is 16.9. The highest BCUT2D eigenvalue weighted by Crippen LogP contribution is 2.37. The molecule has 0 atom stereocenters. The van der Waals surface area contributed by atoms with Crippen molar-refractivity contribution in [2.24, 2.45) is 5.92 Å². The second-order valence-electron chi connectivity index (χ2n) is 11.1. The number of carbonyl (C=O) groups is 3. The topological polar surface area (TPSA) is 78.9 Å². The SMILES string of the molecule is C=CC(=O)OCC(COC(=O)C=C)Cc1ccc(C(=O)Oc2ccc(C#Cc3ccc(-c4ccc5c(Cl)cccc5c4Cl)cc3)c(Cl)c2)cc1. The highest BCUT2D eigenvalue weighted by molar-refractivity contribution is 6.41. The van der Waals surface area contributed by atoms with Gasteiger partial charge < -0.3 is 14.2 Å². The monoisotopic (exact) mass is 722 g/mol. The van der Waals surface area contributed by atoms with Crippen molar-refractivity contribution < 1.29 is 28.6 Å². The minimum atomic E-state index is -0.579. The van der Waals surface area contributed by atoms with Gasteiger partial charge >= 0.3 is 17.9 Å².